The molecule has 3 aromatic carbocycles. The van der Waals surface area contributed by atoms with Gasteiger partial charge in [0.2, 0.25) is 11.8 Å². The van der Waals surface area contributed by atoms with Crippen LogP contribution in [-0.4, -0.2) is 29.3 Å². The van der Waals surface area contributed by atoms with Crippen LogP contribution in [0.1, 0.15) is 41.7 Å². The third kappa shape index (κ3) is 7.58. The molecule has 0 heterocycles. The van der Waals surface area contributed by atoms with Gasteiger partial charge in [-0.15, -0.1) is 0 Å². The van der Waals surface area contributed by atoms with Gasteiger partial charge < -0.3 is 10.2 Å². The minimum atomic E-state index is -0.598. The highest BCUT2D eigenvalue weighted by Crippen LogP contribution is 2.18. The first kappa shape index (κ1) is 25.2. The van der Waals surface area contributed by atoms with Gasteiger partial charge in [-0.2, -0.15) is 0 Å². The summed E-state index contributed by atoms with van der Waals surface area (Å²) >= 11 is 0. The molecule has 0 aliphatic heterocycles. The van der Waals surface area contributed by atoms with Crippen LogP contribution >= 0.6 is 0 Å². The number of benzene rings is 3. The summed E-state index contributed by atoms with van der Waals surface area (Å²) in [6.07, 6.45) is 0.727. The van der Waals surface area contributed by atoms with Gasteiger partial charge in [0, 0.05) is 19.5 Å². The predicted molar refractivity (Wildman–Crippen MR) is 138 cm³/mol. The first-order valence-electron chi connectivity index (χ1n) is 12.0. The molecule has 3 rings (SSSR count). The van der Waals surface area contributed by atoms with E-state index < -0.39 is 6.04 Å². The lowest BCUT2D eigenvalue weighted by atomic mass is 10.0. The number of carbonyl (C=O) groups is 2. The molecule has 0 spiro atoms. The van der Waals surface area contributed by atoms with Gasteiger partial charge in [-0.25, -0.2) is 0 Å². The molecule has 1 N–H and O–H groups in total. The summed E-state index contributed by atoms with van der Waals surface area (Å²) in [5, 5.41) is 3.07. The van der Waals surface area contributed by atoms with Gasteiger partial charge in [0.05, 0.1) is 6.42 Å². The SMILES string of the molecule is Cc1ccc(CC(=O)N(Cc2cccc(C)c2)[C@H](Cc2ccccc2)C(=O)NCC(C)C)cc1. The van der Waals surface area contributed by atoms with Crippen LogP contribution in [-0.2, 0) is 29.0 Å². The Hall–Kier alpha value is -3.40. The van der Waals surface area contributed by atoms with Crippen molar-refractivity contribution in [1.82, 2.24) is 10.2 Å². The average Bonchev–Trinajstić information content (AvgIpc) is 2.82. The quantitative estimate of drug-likeness (QED) is 0.452. The van der Waals surface area contributed by atoms with Gasteiger partial charge in [-0.3, -0.25) is 9.59 Å². The number of rotatable bonds is 10. The lowest BCUT2D eigenvalue weighted by molar-refractivity contribution is -0.140. The lowest BCUT2D eigenvalue weighted by Gasteiger charge is -2.32. The van der Waals surface area contributed by atoms with Gasteiger partial charge in [-0.05, 0) is 36.5 Å². The number of nitrogens with one attached hydrogen (secondary N) is 1. The summed E-state index contributed by atoms with van der Waals surface area (Å²) < 4.78 is 0. The van der Waals surface area contributed by atoms with Crippen molar-refractivity contribution >= 4 is 11.8 Å². The van der Waals surface area contributed by atoms with Gasteiger partial charge in [-0.1, -0.05) is 104 Å². The fourth-order valence-electron chi connectivity index (χ4n) is 3.97. The number of carbonyl (C=O) groups excluding carboxylic acids is 2. The summed E-state index contributed by atoms with van der Waals surface area (Å²) in [6.45, 7) is 9.18. The third-order valence-electron chi connectivity index (χ3n) is 5.87. The van der Waals surface area contributed by atoms with Crippen molar-refractivity contribution in [3.05, 3.63) is 107 Å². The second kappa shape index (κ2) is 12.2. The second-order valence-electron chi connectivity index (χ2n) is 9.52. The molecule has 34 heavy (non-hydrogen) atoms. The van der Waals surface area contributed by atoms with Crippen molar-refractivity contribution in [2.75, 3.05) is 6.54 Å². The standard InChI is InChI=1S/C30H36N2O2/c1-22(2)20-31-30(34)28(18-25-10-6-5-7-11-25)32(21-27-12-8-9-24(4)17-27)29(33)19-26-15-13-23(3)14-16-26/h5-17,22,28H,18-21H2,1-4H3,(H,31,34)/t28-/m1/s1. The van der Waals surface area contributed by atoms with Crippen LogP contribution < -0.4 is 5.32 Å². The molecule has 0 fully saturated rings. The third-order valence-corrected chi connectivity index (χ3v) is 5.87. The van der Waals surface area contributed by atoms with Gasteiger partial charge in [0.25, 0.3) is 0 Å². The maximum absolute atomic E-state index is 13.7. The Balaban J connectivity index is 1.94. The van der Waals surface area contributed by atoms with Crippen molar-refractivity contribution < 1.29 is 9.59 Å². The van der Waals surface area contributed by atoms with Crippen LogP contribution in [0.4, 0.5) is 0 Å². The molecule has 0 radical (unpaired) electrons. The van der Waals surface area contributed by atoms with Gasteiger partial charge >= 0.3 is 0 Å². The highest BCUT2D eigenvalue weighted by atomic mass is 16.2. The summed E-state index contributed by atoms with van der Waals surface area (Å²) in [4.78, 5) is 28.9. The molecular formula is C30H36N2O2. The highest BCUT2D eigenvalue weighted by Gasteiger charge is 2.30. The molecule has 0 bridgehead atoms. The maximum atomic E-state index is 13.7. The minimum Gasteiger partial charge on any atom is -0.354 e. The maximum Gasteiger partial charge on any atom is 0.243 e. The molecular weight excluding hydrogens is 420 g/mol. The number of hydrogen-bond acceptors (Lipinski definition) is 2. The van der Waals surface area contributed by atoms with Crippen molar-refractivity contribution in [3.8, 4) is 0 Å². The van der Waals surface area contributed by atoms with Crippen LogP contribution in [0.5, 0.6) is 0 Å². The van der Waals surface area contributed by atoms with Crippen LogP contribution in [0.3, 0.4) is 0 Å². The zero-order valence-electron chi connectivity index (χ0n) is 20.8. The molecule has 178 valence electrons. The van der Waals surface area contributed by atoms with E-state index in [1.54, 1.807) is 4.90 Å². The summed E-state index contributed by atoms with van der Waals surface area (Å²) in [6, 6.07) is 25.5. The smallest absolute Gasteiger partial charge is 0.243 e. The zero-order chi connectivity index (χ0) is 24.5. The lowest BCUT2D eigenvalue weighted by Crippen LogP contribution is -2.51. The molecule has 0 aliphatic rings. The van der Waals surface area contributed by atoms with E-state index in [9.17, 15) is 9.59 Å². The molecule has 0 unspecified atom stereocenters. The Morgan fingerprint density at radius 3 is 2.12 bits per heavy atom. The largest absolute Gasteiger partial charge is 0.354 e. The molecule has 2 amide bonds. The van der Waals surface area contributed by atoms with E-state index in [1.165, 1.54) is 0 Å². The number of nitrogens with zero attached hydrogens (tertiary/aromatic N) is 1. The van der Waals surface area contributed by atoms with Crippen LogP contribution in [0, 0.1) is 19.8 Å². The molecule has 0 aliphatic carbocycles. The Morgan fingerprint density at radius 2 is 1.47 bits per heavy atom. The number of amides is 2. The van der Waals surface area contributed by atoms with Gasteiger partial charge in [0.1, 0.15) is 6.04 Å². The number of aryl methyl sites for hydroxylation is 2. The molecule has 0 saturated heterocycles. The van der Waals surface area contributed by atoms with Crippen molar-refractivity contribution in [2.45, 2.75) is 53.1 Å². The van der Waals surface area contributed by atoms with E-state index in [0.29, 0.717) is 25.4 Å². The molecule has 3 aromatic rings. The Kier molecular flexibility index (Phi) is 9.03. The molecule has 4 nitrogen and oxygen atoms in total. The zero-order valence-corrected chi connectivity index (χ0v) is 20.8. The molecule has 0 aromatic heterocycles. The van der Waals surface area contributed by atoms with Crippen LogP contribution in [0.25, 0.3) is 0 Å². The van der Waals surface area contributed by atoms with E-state index in [2.05, 4.69) is 25.2 Å². The predicted octanol–water partition coefficient (Wildman–Crippen LogP) is 5.26. The summed E-state index contributed by atoms with van der Waals surface area (Å²) in [5.74, 6) is 0.170. The summed E-state index contributed by atoms with van der Waals surface area (Å²) in [7, 11) is 0. The molecule has 1 atom stereocenters. The molecule has 0 saturated carbocycles. The second-order valence-corrected chi connectivity index (χ2v) is 9.52. The van der Waals surface area contributed by atoms with Crippen LogP contribution in [0.2, 0.25) is 0 Å². The Bertz CT molecular complexity index is 1070. The summed E-state index contributed by atoms with van der Waals surface area (Å²) in [5.41, 5.74) is 5.29. The van der Waals surface area contributed by atoms with Crippen molar-refractivity contribution in [1.29, 1.82) is 0 Å². The van der Waals surface area contributed by atoms with Crippen molar-refractivity contribution in [2.24, 2.45) is 5.92 Å². The molecule has 4 heteroatoms. The van der Waals surface area contributed by atoms with E-state index in [-0.39, 0.29) is 18.2 Å². The van der Waals surface area contributed by atoms with E-state index >= 15 is 0 Å². The fraction of sp³-hybridized carbons (Fsp3) is 0.333. The van der Waals surface area contributed by atoms with Gasteiger partial charge in [0.15, 0.2) is 0 Å². The normalized spacial score (nSPS) is 11.8. The van der Waals surface area contributed by atoms with E-state index in [1.807, 2.05) is 86.6 Å². The number of hydrogen-bond donors (Lipinski definition) is 1. The topological polar surface area (TPSA) is 49.4 Å². The monoisotopic (exact) mass is 456 g/mol. The van der Waals surface area contributed by atoms with Crippen molar-refractivity contribution in [3.63, 3.8) is 0 Å². The Labute approximate surface area is 204 Å². The minimum absolute atomic E-state index is 0.0500. The fourth-order valence-corrected chi connectivity index (χ4v) is 3.97. The first-order chi connectivity index (χ1) is 16.3. The van der Waals surface area contributed by atoms with Crippen LogP contribution in [0.15, 0.2) is 78.9 Å². The average molecular weight is 457 g/mol. The Morgan fingerprint density at radius 1 is 0.794 bits per heavy atom. The van der Waals surface area contributed by atoms with E-state index in [0.717, 1.165) is 27.8 Å². The highest BCUT2D eigenvalue weighted by molar-refractivity contribution is 5.88. The van der Waals surface area contributed by atoms with E-state index in [4.69, 9.17) is 0 Å². The first-order valence-corrected chi connectivity index (χ1v) is 12.0.